The molecule has 2 aromatic carbocycles. The van der Waals surface area contributed by atoms with E-state index in [4.69, 9.17) is 15.9 Å². The molecule has 19 nitrogen and oxygen atoms in total. The van der Waals surface area contributed by atoms with Gasteiger partial charge in [0.25, 0.3) is 0 Å². The van der Waals surface area contributed by atoms with E-state index in [1.807, 2.05) is 30.3 Å². The van der Waals surface area contributed by atoms with Gasteiger partial charge < -0.3 is 51.8 Å². The summed E-state index contributed by atoms with van der Waals surface area (Å²) in [7, 11) is 0. The minimum atomic E-state index is -1.66. The third kappa shape index (κ3) is 17.5. The van der Waals surface area contributed by atoms with Crippen LogP contribution in [-0.4, -0.2) is 116 Å². The summed E-state index contributed by atoms with van der Waals surface area (Å²) in [4.78, 5) is 113. The van der Waals surface area contributed by atoms with Gasteiger partial charge in [0.2, 0.25) is 35.4 Å². The number of Topliss-reactive ketones (excluding diaryl/α,β-unsaturated/α-hetero) is 1. The van der Waals surface area contributed by atoms with E-state index in [9.17, 15) is 52.6 Å². The largest absolute Gasteiger partial charge is 0.481 e. The molecule has 3 atom stereocenters. The molecule has 3 aromatic rings. The number of benzene rings is 2. The minimum absolute atomic E-state index is 0.0496. The summed E-state index contributed by atoms with van der Waals surface area (Å²) in [6.45, 7) is 3.73. The molecular weight excluding hydrogens is 869 g/mol. The van der Waals surface area contributed by atoms with Gasteiger partial charge in [0, 0.05) is 61.9 Å². The number of aliphatic hydroxyl groups is 1. The lowest BCUT2D eigenvalue weighted by Crippen LogP contribution is -2.55. The summed E-state index contributed by atoms with van der Waals surface area (Å²) in [6, 6.07) is 9.60. The molecule has 1 aromatic heterocycles. The fourth-order valence-electron chi connectivity index (χ4n) is 7.02. The Morgan fingerprint density at radius 1 is 0.788 bits per heavy atom. The maximum Gasteiger partial charge on any atom is 0.303 e. The monoisotopic (exact) mass is 925 g/mol. The van der Waals surface area contributed by atoms with Crippen molar-refractivity contribution in [1.82, 2.24) is 30.7 Å². The number of aliphatic hydroxyl groups excluding tert-OH is 1. The molecule has 0 radical (unpaired) electrons. The van der Waals surface area contributed by atoms with Crippen molar-refractivity contribution in [2.24, 2.45) is 11.1 Å². The number of rotatable bonds is 27. The van der Waals surface area contributed by atoms with E-state index < -0.39 is 121 Å². The number of nitrogens with zero attached hydrogens (tertiary/aromatic N) is 2. The lowest BCUT2D eigenvalue weighted by Gasteiger charge is -2.41. The molecule has 6 amide bonds. The molecule has 66 heavy (non-hydrogen) atoms. The first-order chi connectivity index (χ1) is 31.1. The van der Waals surface area contributed by atoms with Gasteiger partial charge in [-0.15, -0.1) is 0 Å². The van der Waals surface area contributed by atoms with E-state index in [2.05, 4.69) is 21.3 Å². The van der Waals surface area contributed by atoms with Gasteiger partial charge in [-0.05, 0) is 48.1 Å². The number of hydrogen-bond donors (Lipinski definition) is 8. The molecule has 0 bridgehead atoms. The number of halogens is 2. The average Bonchev–Trinajstić information content (AvgIpc) is 3.65. The number of nitrogens with one attached hydrogen (secondary N) is 4. The van der Waals surface area contributed by atoms with E-state index in [1.54, 1.807) is 37.6 Å². The standard InChI is InChI=1S/C45H57F2N7O12/c1-45(2,3)42(35-20-28(31-21-29(46)11-12-32(31)47)25-53(35)24-27-8-5-4-6-9-27)54(39(60)26-55)19-17-33(52-44(66)34(22-36(48)57)51-38(59)14-16-41(63)64)43(65)49-18-7-10-30(56)23-50-37(58)13-15-40(61)62/h4-6,8-9,11-12,20-21,25,33-34,42,55H,7,10,13-19,22-24,26H2,1-3H3,(H2,48,57)(H,49,65)(H,50,58)(H,51,59)(H,52,66)(H,61,62)(H,63,64)/t33-,34-,42-/m0/s1. The summed E-state index contributed by atoms with van der Waals surface area (Å²) >= 11 is 0. The predicted octanol–water partition coefficient (Wildman–Crippen LogP) is 1.94. The quantitative estimate of drug-likeness (QED) is 0.0509. The van der Waals surface area contributed by atoms with Crippen molar-refractivity contribution < 1.29 is 67.3 Å². The van der Waals surface area contributed by atoms with Crippen LogP contribution in [0.3, 0.4) is 0 Å². The lowest BCUT2D eigenvalue weighted by molar-refractivity contribution is -0.140. The highest BCUT2D eigenvalue weighted by Gasteiger charge is 2.38. The summed E-state index contributed by atoms with van der Waals surface area (Å²) in [5.74, 6) is -9.62. The first-order valence-electron chi connectivity index (χ1n) is 21.1. The van der Waals surface area contributed by atoms with Crippen LogP contribution in [0.5, 0.6) is 0 Å². The number of carboxylic acid groups (broad SMARTS) is 2. The topological polar surface area (TPSA) is 297 Å². The number of hydrogen-bond acceptors (Lipinski definition) is 10. The summed E-state index contributed by atoms with van der Waals surface area (Å²) < 4.78 is 31.5. The van der Waals surface area contributed by atoms with Gasteiger partial charge in [-0.3, -0.25) is 43.2 Å². The molecule has 3 rings (SSSR count). The molecule has 0 spiro atoms. The number of amides is 6. The Labute approximate surface area is 379 Å². The molecule has 9 N–H and O–H groups in total. The van der Waals surface area contributed by atoms with Crippen molar-refractivity contribution >= 4 is 53.2 Å². The maximum atomic E-state index is 15.3. The summed E-state index contributed by atoms with van der Waals surface area (Å²) in [5.41, 5.74) is 5.95. The van der Waals surface area contributed by atoms with E-state index in [0.717, 1.165) is 23.8 Å². The molecule has 0 unspecified atom stereocenters. The minimum Gasteiger partial charge on any atom is -0.481 e. The SMILES string of the molecule is CC(C)(C)[C@H](c1cc(-c2cc(F)ccc2F)cn1Cc1ccccc1)N(CC[C@H](NC(=O)[C@H](CC(N)=O)NC(=O)CCC(=O)O)C(=O)NCCCC(=O)CNC(=O)CCC(=O)O)C(=O)CO. The van der Waals surface area contributed by atoms with Crippen molar-refractivity contribution in [3.8, 4) is 11.1 Å². The van der Waals surface area contributed by atoms with Gasteiger partial charge in [-0.25, -0.2) is 8.78 Å². The number of ketones is 1. The van der Waals surface area contributed by atoms with Crippen LogP contribution >= 0.6 is 0 Å². The molecule has 21 heteroatoms. The second-order valence-corrected chi connectivity index (χ2v) is 16.5. The Morgan fingerprint density at radius 2 is 1.44 bits per heavy atom. The predicted molar refractivity (Wildman–Crippen MR) is 233 cm³/mol. The molecule has 0 saturated carbocycles. The Balaban J connectivity index is 2.00. The Bertz CT molecular complexity index is 2230. The van der Waals surface area contributed by atoms with Crippen LogP contribution in [0.4, 0.5) is 8.78 Å². The van der Waals surface area contributed by atoms with Crippen LogP contribution in [0.15, 0.2) is 60.8 Å². The van der Waals surface area contributed by atoms with Crippen LogP contribution in [-0.2, 0) is 49.7 Å². The molecule has 0 saturated heterocycles. The van der Waals surface area contributed by atoms with Gasteiger partial charge >= 0.3 is 11.9 Å². The Hall–Kier alpha value is -7.03. The second-order valence-electron chi connectivity index (χ2n) is 16.5. The molecule has 0 aliphatic carbocycles. The van der Waals surface area contributed by atoms with Crippen LogP contribution in [0.2, 0.25) is 0 Å². The van der Waals surface area contributed by atoms with Crippen LogP contribution < -0.4 is 27.0 Å². The fourth-order valence-corrected chi connectivity index (χ4v) is 7.02. The van der Waals surface area contributed by atoms with E-state index in [1.165, 1.54) is 4.90 Å². The average molecular weight is 926 g/mol. The van der Waals surface area contributed by atoms with Gasteiger partial charge in [-0.1, -0.05) is 51.1 Å². The van der Waals surface area contributed by atoms with Crippen molar-refractivity contribution in [2.45, 2.75) is 96.8 Å². The number of carbonyl (C=O) groups is 9. The zero-order valence-electron chi connectivity index (χ0n) is 36.9. The number of nitrogens with two attached hydrogens (primary N) is 1. The molecule has 0 aliphatic rings. The number of carbonyl (C=O) groups excluding carboxylic acids is 7. The Kier molecular flexibility index (Phi) is 20.6. The lowest BCUT2D eigenvalue weighted by atomic mass is 9.82. The van der Waals surface area contributed by atoms with Crippen LogP contribution in [0, 0.1) is 17.0 Å². The van der Waals surface area contributed by atoms with E-state index >= 15 is 4.39 Å². The number of carboxylic acids is 2. The van der Waals surface area contributed by atoms with Crippen LogP contribution in [0.25, 0.3) is 11.1 Å². The number of aromatic nitrogens is 1. The third-order valence-electron chi connectivity index (χ3n) is 10.1. The first kappa shape index (κ1) is 53.3. The second kappa shape index (κ2) is 25.5. The van der Waals surface area contributed by atoms with Crippen molar-refractivity contribution in [1.29, 1.82) is 0 Å². The van der Waals surface area contributed by atoms with Gasteiger partial charge in [0.1, 0.15) is 30.3 Å². The maximum absolute atomic E-state index is 15.3. The van der Waals surface area contributed by atoms with E-state index in [0.29, 0.717) is 5.69 Å². The third-order valence-corrected chi connectivity index (χ3v) is 10.1. The van der Waals surface area contributed by atoms with Gasteiger partial charge in [0.05, 0.1) is 31.8 Å². The zero-order chi connectivity index (χ0) is 49.1. The molecule has 0 aliphatic heterocycles. The van der Waals surface area contributed by atoms with Crippen molar-refractivity contribution in [3.63, 3.8) is 0 Å². The van der Waals surface area contributed by atoms with Crippen molar-refractivity contribution in [2.75, 3.05) is 26.2 Å². The van der Waals surface area contributed by atoms with Gasteiger partial charge in [-0.2, -0.15) is 0 Å². The summed E-state index contributed by atoms with van der Waals surface area (Å²) in [5, 5.41) is 37.7. The highest BCUT2D eigenvalue weighted by atomic mass is 19.1. The fraction of sp³-hybridized carbons (Fsp3) is 0.444. The highest BCUT2D eigenvalue weighted by Crippen LogP contribution is 2.41. The van der Waals surface area contributed by atoms with Gasteiger partial charge in [0.15, 0.2) is 5.78 Å². The Morgan fingerprint density at radius 3 is 2.05 bits per heavy atom. The molecule has 0 fully saturated rings. The number of aliphatic carboxylic acids is 2. The smallest absolute Gasteiger partial charge is 0.303 e. The molecular formula is C45H57F2N7O12. The highest BCUT2D eigenvalue weighted by molar-refractivity contribution is 5.95. The van der Waals surface area contributed by atoms with Crippen LogP contribution in [0.1, 0.15) is 89.4 Å². The molecule has 358 valence electrons. The first-order valence-corrected chi connectivity index (χ1v) is 21.1. The summed E-state index contributed by atoms with van der Waals surface area (Å²) in [6.07, 6.45) is -1.49. The normalized spacial score (nSPS) is 12.5. The zero-order valence-corrected chi connectivity index (χ0v) is 36.9. The van der Waals surface area contributed by atoms with Crippen molar-refractivity contribution in [3.05, 3.63) is 83.7 Å². The number of primary amides is 1. The molecule has 1 heterocycles. The van der Waals surface area contributed by atoms with E-state index in [-0.39, 0.29) is 63.0 Å².